The van der Waals surface area contributed by atoms with E-state index in [-0.39, 0.29) is 11.9 Å². The van der Waals surface area contributed by atoms with E-state index in [4.69, 9.17) is 16.3 Å². The Balaban J connectivity index is 1.91. The molecule has 1 aromatic rings. The molecule has 3 rings (SSSR count). The first-order valence-electron chi connectivity index (χ1n) is 6.89. The molecule has 1 aliphatic carbocycles. The number of esters is 1. The Bertz CT molecular complexity index is 628. The van der Waals surface area contributed by atoms with Gasteiger partial charge in [-0.1, -0.05) is 25.4 Å². The number of ether oxygens (including phenoxy) is 1. The van der Waals surface area contributed by atoms with Gasteiger partial charge in [0.1, 0.15) is 5.82 Å². The zero-order valence-electron chi connectivity index (χ0n) is 12.2. The minimum Gasteiger partial charge on any atom is -0.448 e. The maximum atomic E-state index is 12.7. The Labute approximate surface area is 128 Å². The second-order valence-electron chi connectivity index (χ2n) is 6.49. The molecular formula is C15H17ClN2O3. The van der Waals surface area contributed by atoms with E-state index in [1.54, 1.807) is 12.1 Å². The Morgan fingerprint density at radius 2 is 2.05 bits per heavy atom. The number of aromatic nitrogens is 1. The van der Waals surface area contributed by atoms with E-state index in [2.05, 4.69) is 10.3 Å². The van der Waals surface area contributed by atoms with Gasteiger partial charge in [-0.2, -0.15) is 0 Å². The Kier molecular flexibility index (Phi) is 2.86. The number of halogens is 1. The number of rotatable bonds is 2. The SMILES string of the molecule is CC12CCC(C(=O)Nc3ccc(Cl)cn3)(OC1=O)C2(C)C. The molecule has 1 amide bonds. The average Bonchev–Trinajstić information content (AvgIpc) is 2.72. The number of amides is 1. The predicted molar refractivity (Wildman–Crippen MR) is 77.8 cm³/mol. The number of nitrogens with one attached hydrogen (secondary N) is 1. The maximum absolute atomic E-state index is 12.7. The van der Waals surface area contributed by atoms with Gasteiger partial charge >= 0.3 is 5.97 Å². The van der Waals surface area contributed by atoms with Gasteiger partial charge in [-0.25, -0.2) is 4.98 Å². The second-order valence-corrected chi connectivity index (χ2v) is 6.93. The highest BCUT2D eigenvalue weighted by Crippen LogP contribution is 2.65. The lowest BCUT2D eigenvalue weighted by atomic mass is 9.66. The first kappa shape index (κ1) is 14.3. The van der Waals surface area contributed by atoms with E-state index >= 15 is 0 Å². The topological polar surface area (TPSA) is 68.3 Å². The minimum atomic E-state index is -1.12. The molecule has 1 saturated heterocycles. The van der Waals surface area contributed by atoms with Crippen molar-refractivity contribution in [3.63, 3.8) is 0 Å². The lowest BCUT2D eigenvalue weighted by Gasteiger charge is -2.35. The van der Waals surface area contributed by atoms with Crippen molar-refractivity contribution in [2.45, 2.75) is 39.2 Å². The summed E-state index contributed by atoms with van der Waals surface area (Å²) in [5.41, 5.74) is -2.30. The van der Waals surface area contributed by atoms with Gasteiger partial charge in [-0.05, 0) is 31.9 Å². The van der Waals surface area contributed by atoms with Gasteiger partial charge in [0.15, 0.2) is 5.60 Å². The fraction of sp³-hybridized carbons (Fsp3) is 0.533. The summed E-state index contributed by atoms with van der Waals surface area (Å²) in [4.78, 5) is 28.9. The van der Waals surface area contributed by atoms with Gasteiger partial charge in [0.05, 0.1) is 10.4 Å². The fourth-order valence-electron chi connectivity index (χ4n) is 3.41. The third-order valence-corrected chi connectivity index (χ3v) is 5.64. The standard InChI is InChI=1S/C15H17ClN2O3/c1-13(2)14(3)6-7-15(13,21-12(14)20)11(19)18-10-5-4-9(16)8-17-10/h4-5,8H,6-7H2,1-3H3,(H,17,18,19). The highest BCUT2D eigenvalue weighted by Gasteiger charge is 2.75. The smallest absolute Gasteiger partial charge is 0.313 e. The van der Waals surface area contributed by atoms with Crippen LogP contribution in [0.4, 0.5) is 5.82 Å². The normalized spacial score (nSPS) is 32.9. The highest BCUT2D eigenvalue weighted by molar-refractivity contribution is 6.30. The summed E-state index contributed by atoms with van der Waals surface area (Å²) in [7, 11) is 0. The molecule has 21 heavy (non-hydrogen) atoms. The summed E-state index contributed by atoms with van der Waals surface area (Å²) in [6, 6.07) is 3.27. The predicted octanol–water partition coefficient (Wildman–Crippen LogP) is 2.80. The Morgan fingerprint density at radius 3 is 2.52 bits per heavy atom. The van der Waals surface area contributed by atoms with E-state index in [0.29, 0.717) is 23.7 Å². The van der Waals surface area contributed by atoms with Crippen LogP contribution in [-0.2, 0) is 14.3 Å². The summed E-state index contributed by atoms with van der Waals surface area (Å²) in [6.07, 6.45) is 2.64. The minimum absolute atomic E-state index is 0.294. The summed E-state index contributed by atoms with van der Waals surface area (Å²) in [5.74, 6) is -0.221. The first-order valence-corrected chi connectivity index (χ1v) is 7.27. The Hall–Kier alpha value is -1.62. The molecule has 112 valence electrons. The van der Waals surface area contributed by atoms with Crippen molar-refractivity contribution in [1.82, 2.24) is 4.98 Å². The van der Waals surface area contributed by atoms with Crippen molar-refractivity contribution in [3.05, 3.63) is 23.4 Å². The Morgan fingerprint density at radius 1 is 1.33 bits per heavy atom. The lowest BCUT2D eigenvalue weighted by molar-refractivity contribution is -0.165. The molecule has 2 bridgehead atoms. The zero-order valence-corrected chi connectivity index (χ0v) is 13.0. The molecular weight excluding hydrogens is 292 g/mol. The third kappa shape index (κ3) is 1.67. The van der Waals surface area contributed by atoms with Crippen LogP contribution in [0, 0.1) is 10.8 Å². The van der Waals surface area contributed by atoms with Crippen molar-refractivity contribution < 1.29 is 14.3 Å². The summed E-state index contributed by atoms with van der Waals surface area (Å²) >= 11 is 5.77. The number of nitrogens with zero attached hydrogens (tertiary/aromatic N) is 1. The van der Waals surface area contributed by atoms with E-state index < -0.39 is 16.4 Å². The number of carbonyl (C=O) groups excluding carboxylic acids is 2. The van der Waals surface area contributed by atoms with Crippen LogP contribution in [0.15, 0.2) is 18.3 Å². The van der Waals surface area contributed by atoms with Gasteiger partial charge < -0.3 is 10.1 Å². The lowest BCUT2D eigenvalue weighted by Crippen LogP contribution is -2.50. The molecule has 0 radical (unpaired) electrons. The van der Waals surface area contributed by atoms with Gasteiger partial charge in [0.2, 0.25) is 0 Å². The van der Waals surface area contributed by atoms with Crippen molar-refractivity contribution >= 4 is 29.3 Å². The van der Waals surface area contributed by atoms with E-state index in [0.717, 1.165) is 0 Å². The van der Waals surface area contributed by atoms with Crippen LogP contribution in [0.3, 0.4) is 0 Å². The second kappa shape index (κ2) is 4.19. The van der Waals surface area contributed by atoms with Gasteiger partial charge in [-0.3, -0.25) is 9.59 Å². The van der Waals surface area contributed by atoms with Crippen molar-refractivity contribution in [2.24, 2.45) is 10.8 Å². The molecule has 2 atom stereocenters. The number of hydrogen-bond acceptors (Lipinski definition) is 4. The molecule has 2 aliphatic rings. The zero-order chi connectivity index (χ0) is 15.5. The molecule has 2 unspecified atom stereocenters. The van der Waals surface area contributed by atoms with E-state index in [9.17, 15) is 9.59 Å². The molecule has 5 nitrogen and oxygen atoms in total. The number of anilines is 1. The fourth-order valence-corrected chi connectivity index (χ4v) is 3.53. The van der Waals surface area contributed by atoms with E-state index in [1.165, 1.54) is 6.20 Å². The molecule has 1 aliphatic heterocycles. The molecule has 2 fully saturated rings. The highest BCUT2D eigenvalue weighted by atomic mass is 35.5. The number of carbonyl (C=O) groups is 2. The molecule has 6 heteroatoms. The summed E-state index contributed by atoms with van der Waals surface area (Å²) in [6.45, 7) is 5.71. The average molecular weight is 309 g/mol. The molecule has 2 heterocycles. The van der Waals surface area contributed by atoms with Crippen LogP contribution in [-0.4, -0.2) is 22.5 Å². The van der Waals surface area contributed by atoms with Crippen LogP contribution in [0.1, 0.15) is 33.6 Å². The summed E-state index contributed by atoms with van der Waals surface area (Å²) in [5, 5.41) is 3.23. The molecule has 1 saturated carbocycles. The number of hydrogen-bond donors (Lipinski definition) is 1. The van der Waals surface area contributed by atoms with Crippen LogP contribution in [0.2, 0.25) is 5.02 Å². The third-order valence-electron chi connectivity index (χ3n) is 5.42. The maximum Gasteiger partial charge on any atom is 0.313 e. The van der Waals surface area contributed by atoms with Crippen LogP contribution >= 0.6 is 11.6 Å². The monoisotopic (exact) mass is 308 g/mol. The summed E-state index contributed by atoms with van der Waals surface area (Å²) < 4.78 is 5.52. The molecule has 1 N–H and O–H groups in total. The van der Waals surface area contributed by atoms with Gasteiger partial charge in [0.25, 0.3) is 5.91 Å². The van der Waals surface area contributed by atoms with Crippen molar-refractivity contribution in [1.29, 1.82) is 0 Å². The molecule has 1 aromatic heterocycles. The van der Waals surface area contributed by atoms with Crippen LogP contribution in [0.25, 0.3) is 0 Å². The van der Waals surface area contributed by atoms with E-state index in [1.807, 2.05) is 20.8 Å². The largest absolute Gasteiger partial charge is 0.448 e. The van der Waals surface area contributed by atoms with Crippen LogP contribution in [0.5, 0.6) is 0 Å². The van der Waals surface area contributed by atoms with Crippen molar-refractivity contribution in [2.75, 3.05) is 5.32 Å². The molecule has 0 spiro atoms. The quantitative estimate of drug-likeness (QED) is 0.853. The van der Waals surface area contributed by atoms with Crippen LogP contribution < -0.4 is 5.32 Å². The van der Waals surface area contributed by atoms with Gasteiger partial charge in [0, 0.05) is 11.6 Å². The first-order chi connectivity index (χ1) is 9.73. The molecule has 0 aromatic carbocycles. The van der Waals surface area contributed by atoms with Crippen molar-refractivity contribution in [3.8, 4) is 0 Å². The van der Waals surface area contributed by atoms with Gasteiger partial charge in [-0.15, -0.1) is 0 Å². The number of pyridine rings is 1. The number of fused-ring (bicyclic) bond motifs is 2.